The summed E-state index contributed by atoms with van der Waals surface area (Å²) >= 11 is 5.65. The van der Waals surface area contributed by atoms with Gasteiger partial charge < -0.3 is 32.9 Å². The van der Waals surface area contributed by atoms with Gasteiger partial charge in [0.05, 0.1) is 33.5 Å². The third-order valence-electron chi connectivity index (χ3n) is 14.4. The molecule has 2 aromatic heterocycles. The Morgan fingerprint density at radius 3 is 1.33 bits per heavy atom. The molecule has 7 atom stereocenters. The molecule has 2 saturated heterocycles. The number of aryl methyl sites for hydroxylation is 2. The van der Waals surface area contributed by atoms with Gasteiger partial charge in [-0.1, -0.05) is 146 Å². The molecule has 4 heterocycles. The Morgan fingerprint density at radius 2 is 0.911 bits per heavy atom. The van der Waals surface area contributed by atoms with Crippen LogP contribution in [-0.2, 0) is 51.0 Å². The number of H-pyrrole nitrogens is 2. The van der Waals surface area contributed by atoms with Gasteiger partial charge in [-0.25, -0.2) is 9.59 Å². The molecule has 19 heteroatoms. The van der Waals surface area contributed by atoms with E-state index in [1.807, 2.05) is 170 Å². The molecule has 0 saturated carbocycles. The van der Waals surface area contributed by atoms with Gasteiger partial charge in [0.15, 0.2) is 0 Å². The third kappa shape index (κ3) is 11.4. The van der Waals surface area contributed by atoms with Gasteiger partial charge in [-0.05, 0) is 83.3 Å². The zero-order chi connectivity index (χ0) is 55.3. The average molecular weight is 1110 g/mol. The average Bonchev–Trinajstić information content (AvgIpc) is 4.19. The molecule has 0 aliphatic carbocycles. The van der Waals surface area contributed by atoms with E-state index in [2.05, 4.69) is 9.97 Å². The lowest BCUT2D eigenvalue weighted by Gasteiger charge is -2.39. The molecular weight excluding hydrogens is 1050 g/mol. The van der Waals surface area contributed by atoms with Crippen LogP contribution in [0.5, 0.6) is 11.5 Å². The van der Waals surface area contributed by atoms with Gasteiger partial charge in [-0.3, -0.25) is 33.2 Å². The minimum Gasteiger partial charge on any atom is -0.497 e. The minimum atomic E-state index is -4.83. The summed E-state index contributed by atoms with van der Waals surface area (Å²) in [6.45, 7) is -2.46. The van der Waals surface area contributed by atoms with E-state index in [1.165, 1.54) is 21.5 Å². The van der Waals surface area contributed by atoms with Crippen molar-refractivity contribution >= 4 is 18.6 Å². The number of aromatic amines is 2. The number of ether oxygens (including phenoxy) is 6. The first-order valence-corrected chi connectivity index (χ1v) is 28.1. The van der Waals surface area contributed by atoms with Crippen LogP contribution in [0.1, 0.15) is 69.8 Å². The van der Waals surface area contributed by atoms with Crippen molar-refractivity contribution in [2.75, 3.05) is 27.4 Å². The molecule has 2 aliphatic rings. The molecule has 0 amide bonds. The fourth-order valence-electron chi connectivity index (χ4n) is 10.5. The number of halogens is 1. The molecule has 1 unspecified atom stereocenters. The second kappa shape index (κ2) is 23.5. The van der Waals surface area contributed by atoms with Crippen LogP contribution in [0.15, 0.2) is 201 Å². The fraction of sp³-hybridized carbons (Fsp3) is 0.267. The van der Waals surface area contributed by atoms with Crippen molar-refractivity contribution in [2.45, 2.75) is 74.8 Å². The predicted octanol–water partition coefficient (Wildman–Crippen LogP) is 9.28. The van der Waals surface area contributed by atoms with Gasteiger partial charge in [-0.15, -0.1) is 0 Å². The molecule has 0 bridgehead atoms. The molecule has 2 aliphatic heterocycles. The summed E-state index contributed by atoms with van der Waals surface area (Å²) in [5.41, 5.74) is -0.189. The second-order valence-electron chi connectivity index (χ2n) is 19.3. The number of hydrogen-bond donors (Lipinski definition) is 2. The third-order valence-corrected chi connectivity index (χ3v) is 16.0. The van der Waals surface area contributed by atoms with E-state index in [4.69, 9.17) is 49.3 Å². The Bertz CT molecular complexity index is 3580. The SMILES string of the molecule is COc1ccc(C(OC[C@H]2O[C@@H](n3cc(C)c(=O)[nH]c3=O)C[C@@H]2OP(F)(=S)OC[C@H]2O[C@@H](n3cc(C)c(=O)[nH]c3=O)C[C@@H]2OC(c2ccccc2)(c2ccccc2)c2ccc(OC)cc2)(c2ccccc2)c2ccccc2)cc1. The molecule has 408 valence electrons. The number of hydrogen-bond acceptors (Lipinski definition) is 13. The lowest BCUT2D eigenvalue weighted by Crippen LogP contribution is -2.41. The second-order valence-corrected chi connectivity index (χ2v) is 21.9. The largest absolute Gasteiger partial charge is 0.497 e. The van der Waals surface area contributed by atoms with Gasteiger partial charge in [0.25, 0.3) is 11.1 Å². The van der Waals surface area contributed by atoms with E-state index < -0.39 is 84.0 Å². The molecule has 0 radical (unpaired) electrons. The maximum absolute atomic E-state index is 17.6. The van der Waals surface area contributed by atoms with Gasteiger partial charge >= 0.3 is 18.2 Å². The highest BCUT2D eigenvalue weighted by Crippen LogP contribution is 2.55. The Morgan fingerprint density at radius 1 is 0.544 bits per heavy atom. The maximum atomic E-state index is 17.6. The zero-order valence-corrected chi connectivity index (χ0v) is 45.4. The minimum absolute atomic E-state index is 0.0384. The van der Waals surface area contributed by atoms with Crippen molar-refractivity contribution in [3.8, 4) is 11.5 Å². The predicted molar refractivity (Wildman–Crippen MR) is 298 cm³/mol. The summed E-state index contributed by atoms with van der Waals surface area (Å²) in [4.78, 5) is 56.8. The van der Waals surface area contributed by atoms with E-state index in [9.17, 15) is 19.2 Å². The van der Waals surface area contributed by atoms with E-state index in [0.29, 0.717) is 11.5 Å². The summed E-state index contributed by atoms with van der Waals surface area (Å²) in [6.07, 6.45) is -3.71. The van der Waals surface area contributed by atoms with Gasteiger partial charge in [0.2, 0.25) is 0 Å². The number of methoxy groups -OCH3 is 2. The highest BCUT2D eigenvalue weighted by molar-refractivity contribution is 8.07. The Balaban J connectivity index is 1.00. The molecule has 6 aromatic carbocycles. The molecule has 2 fully saturated rings. The molecule has 8 aromatic rings. The first-order valence-electron chi connectivity index (χ1n) is 25.6. The normalized spacial score (nSPS) is 20.2. The molecule has 16 nitrogen and oxygen atoms in total. The van der Waals surface area contributed by atoms with Crippen molar-refractivity contribution < 1.29 is 41.7 Å². The summed E-state index contributed by atoms with van der Waals surface area (Å²) in [5, 5.41) is 0. The lowest BCUT2D eigenvalue weighted by atomic mass is 9.79. The molecule has 10 rings (SSSR count). The number of aromatic nitrogens is 4. The van der Waals surface area contributed by atoms with Crippen LogP contribution < -0.4 is 32.0 Å². The van der Waals surface area contributed by atoms with Crippen LogP contribution in [0.25, 0.3) is 0 Å². The highest BCUT2D eigenvalue weighted by atomic mass is 32.5. The smallest absolute Gasteiger partial charge is 0.366 e. The molecule has 0 spiro atoms. The van der Waals surface area contributed by atoms with Gasteiger partial charge in [-0.2, -0.15) is 4.20 Å². The Kier molecular flexibility index (Phi) is 16.4. The molecular formula is C60H58FN4O12PS. The van der Waals surface area contributed by atoms with Crippen molar-refractivity contribution in [3.05, 3.63) is 268 Å². The molecule has 2 N–H and O–H groups in total. The lowest BCUT2D eigenvalue weighted by molar-refractivity contribution is -0.101. The van der Waals surface area contributed by atoms with E-state index >= 15 is 4.20 Å². The summed E-state index contributed by atoms with van der Waals surface area (Å²) in [5.74, 6) is 1.25. The highest BCUT2D eigenvalue weighted by Gasteiger charge is 2.49. The van der Waals surface area contributed by atoms with Crippen LogP contribution >= 0.6 is 6.80 Å². The van der Waals surface area contributed by atoms with Crippen LogP contribution in [0.3, 0.4) is 0 Å². The number of nitrogens with zero attached hydrogens (tertiary/aromatic N) is 2. The van der Waals surface area contributed by atoms with Crippen LogP contribution in [0.4, 0.5) is 4.20 Å². The first-order chi connectivity index (χ1) is 38.2. The van der Waals surface area contributed by atoms with E-state index in [1.54, 1.807) is 28.1 Å². The van der Waals surface area contributed by atoms with Gasteiger partial charge in [0.1, 0.15) is 53.5 Å². The van der Waals surface area contributed by atoms with Crippen molar-refractivity contribution in [1.82, 2.24) is 19.1 Å². The summed E-state index contributed by atoms with van der Waals surface area (Å²) in [6, 6.07) is 53.4. The van der Waals surface area contributed by atoms with Crippen LogP contribution in [-0.4, -0.2) is 71.0 Å². The summed E-state index contributed by atoms with van der Waals surface area (Å²) in [7, 11) is 3.17. The number of rotatable bonds is 20. The first kappa shape index (κ1) is 55.0. The van der Waals surface area contributed by atoms with E-state index in [-0.39, 0.29) is 30.6 Å². The zero-order valence-electron chi connectivity index (χ0n) is 43.6. The fourth-order valence-corrected chi connectivity index (χ4v) is 11.9. The van der Waals surface area contributed by atoms with Crippen molar-refractivity contribution in [3.63, 3.8) is 0 Å². The van der Waals surface area contributed by atoms with Crippen LogP contribution in [0, 0.1) is 13.8 Å². The number of benzene rings is 6. The van der Waals surface area contributed by atoms with Crippen LogP contribution in [0.2, 0.25) is 0 Å². The topological polar surface area (TPSA) is 184 Å². The summed E-state index contributed by atoms with van der Waals surface area (Å²) < 4.78 is 71.5. The monoisotopic (exact) mass is 1110 g/mol. The molecule has 79 heavy (non-hydrogen) atoms. The quantitative estimate of drug-likeness (QED) is 0.0545. The number of nitrogens with one attached hydrogen (secondary N) is 2. The van der Waals surface area contributed by atoms with E-state index in [0.717, 1.165) is 33.4 Å². The van der Waals surface area contributed by atoms with Crippen molar-refractivity contribution in [1.29, 1.82) is 0 Å². The Hall–Kier alpha value is -7.38. The Labute approximate surface area is 459 Å². The van der Waals surface area contributed by atoms with Crippen molar-refractivity contribution in [2.24, 2.45) is 0 Å². The van der Waals surface area contributed by atoms with Gasteiger partial charge in [0, 0.05) is 36.4 Å². The maximum Gasteiger partial charge on any atom is 0.366 e. The standard InChI is InChI=1S/C60H58FN4O12PS/c1-39-35-64(57(68)62-55(39)66)53-33-49(76-60(43-21-13-7-14-22-43,44-23-15-8-16-24-44)46-27-31-48(71-4)32-28-46)52(75-53)38-73-78(61,79)77-50-34-54(65-36-40(2)56(67)63-58(65)69)74-51(50)37-72-59(41-17-9-5-10-18-41,42-19-11-6-12-20-42)45-25-29-47(70-3)30-26-45/h5-32,35-36,49-54H,33-34,37-38H2,1-4H3,(H,62,66,68)(H,63,67,69)/t49-,50-,51+,52+,53+,54+,78?/m0/s1.